The van der Waals surface area contributed by atoms with Gasteiger partial charge < -0.3 is 4.74 Å². The van der Waals surface area contributed by atoms with Gasteiger partial charge in [-0.2, -0.15) is 0 Å². The zero-order chi connectivity index (χ0) is 22.7. The van der Waals surface area contributed by atoms with E-state index in [1.807, 2.05) is 61.7 Å². The summed E-state index contributed by atoms with van der Waals surface area (Å²) in [6, 6.07) is 22.1. The fourth-order valence-corrected chi connectivity index (χ4v) is 4.20. The number of nitrogens with zero attached hydrogens (tertiary/aromatic N) is 1. The molecule has 1 atom stereocenters. The summed E-state index contributed by atoms with van der Waals surface area (Å²) in [7, 11) is 0. The van der Waals surface area contributed by atoms with Gasteiger partial charge in [0.25, 0.3) is 5.91 Å². The van der Waals surface area contributed by atoms with Crippen molar-refractivity contribution in [1.29, 1.82) is 0 Å². The summed E-state index contributed by atoms with van der Waals surface area (Å²) in [5, 5.41) is 6.03. The van der Waals surface area contributed by atoms with Crippen LogP contribution in [-0.2, 0) is 4.79 Å². The van der Waals surface area contributed by atoms with E-state index in [-0.39, 0.29) is 5.91 Å². The largest absolute Gasteiger partial charge is 0.481 e. The van der Waals surface area contributed by atoms with E-state index >= 15 is 0 Å². The van der Waals surface area contributed by atoms with Crippen molar-refractivity contribution in [2.75, 3.05) is 5.32 Å². The second-order valence-electron chi connectivity index (χ2n) is 7.60. The Morgan fingerprint density at radius 2 is 1.56 bits per heavy atom. The zero-order valence-electron chi connectivity index (χ0n) is 18.1. The molecule has 1 aromatic heterocycles. The van der Waals surface area contributed by atoms with Crippen molar-refractivity contribution in [2.24, 2.45) is 0 Å². The third kappa shape index (κ3) is 5.01. The van der Waals surface area contributed by atoms with Crippen molar-refractivity contribution in [3.8, 4) is 28.1 Å². The molecule has 4 nitrogen and oxygen atoms in total. The average molecular weight is 463 g/mol. The Labute approximate surface area is 196 Å². The van der Waals surface area contributed by atoms with E-state index in [2.05, 4.69) is 34.6 Å². The van der Waals surface area contributed by atoms with E-state index in [1.165, 1.54) is 16.9 Å². The van der Waals surface area contributed by atoms with Crippen molar-refractivity contribution in [3.05, 3.63) is 88.3 Å². The Kier molecular flexibility index (Phi) is 6.58. The molecule has 0 spiro atoms. The van der Waals surface area contributed by atoms with Crippen LogP contribution in [0, 0.1) is 13.8 Å². The summed E-state index contributed by atoms with van der Waals surface area (Å²) in [6.07, 6.45) is -0.674. The van der Waals surface area contributed by atoms with E-state index in [4.69, 9.17) is 16.3 Å². The van der Waals surface area contributed by atoms with E-state index in [0.717, 1.165) is 27.9 Å². The Hall–Kier alpha value is -3.15. The average Bonchev–Trinajstić information content (AvgIpc) is 3.26. The highest BCUT2D eigenvalue weighted by molar-refractivity contribution is 7.14. The lowest BCUT2D eigenvalue weighted by atomic mass is 10.0. The summed E-state index contributed by atoms with van der Waals surface area (Å²) in [5.74, 6) is 0.362. The molecule has 6 heteroatoms. The Morgan fingerprint density at radius 1 is 0.969 bits per heavy atom. The van der Waals surface area contributed by atoms with Crippen LogP contribution in [0.3, 0.4) is 0 Å². The summed E-state index contributed by atoms with van der Waals surface area (Å²) in [5.41, 5.74) is 5.97. The number of anilines is 1. The highest BCUT2D eigenvalue weighted by Gasteiger charge is 2.17. The minimum absolute atomic E-state index is 0.254. The van der Waals surface area contributed by atoms with Crippen LogP contribution in [-0.4, -0.2) is 17.0 Å². The lowest BCUT2D eigenvalue weighted by molar-refractivity contribution is -0.122. The molecule has 1 unspecified atom stereocenters. The molecule has 1 N–H and O–H groups in total. The molecular weight excluding hydrogens is 440 g/mol. The van der Waals surface area contributed by atoms with Gasteiger partial charge in [-0.1, -0.05) is 66.2 Å². The van der Waals surface area contributed by atoms with Gasteiger partial charge in [-0.25, -0.2) is 4.98 Å². The number of amides is 1. The third-order valence-electron chi connectivity index (χ3n) is 5.11. The number of hydrogen-bond donors (Lipinski definition) is 1. The van der Waals surface area contributed by atoms with E-state index in [0.29, 0.717) is 15.9 Å². The maximum Gasteiger partial charge on any atom is 0.266 e. The number of ether oxygens (including phenoxy) is 1. The van der Waals surface area contributed by atoms with E-state index in [1.54, 1.807) is 6.92 Å². The molecule has 0 aliphatic heterocycles. The van der Waals surface area contributed by atoms with Crippen molar-refractivity contribution < 1.29 is 9.53 Å². The Balaban J connectivity index is 1.41. The molecule has 4 rings (SSSR count). The number of benzene rings is 3. The van der Waals surface area contributed by atoms with Crippen molar-refractivity contribution >= 4 is 34.0 Å². The Bertz CT molecular complexity index is 1210. The van der Waals surface area contributed by atoms with Gasteiger partial charge >= 0.3 is 0 Å². The minimum Gasteiger partial charge on any atom is -0.481 e. The molecule has 32 heavy (non-hydrogen) atoms. The van der Waals surface area contributed by atoms with Gasteiger partial charge in [0, 0.05) is 16.0 Å². The van der Waals surface area contributed by atoms with Crippen LogP contribution in [0.15, 0.2) is 72.1 Å². The Morgan fingerprint density at radius 3 is 2.22 bits per heavy atom. The number of hydrogen-bond acceptors (Lipinski definition) is 4. The molecule has 0 radical (unpaired) electrons. The summed E-state index contributed by atoms with van der Waals surface area (Å²) in [6.45, 7) is 5.54. The lowest BCUT2D eigenvalue weighted by Gasteiger charge is -2.15. The van der Waals surface area contributed by atoms with Gasteiger partial charge in [0.15, 0.2) is 11.2 Å². The van der Waals surface area contributed by atoms with Crippen LogP contribution in [0.5, 0.6) is 5.75 Å². The third-order valence-corrected chi connectivity index (χ3v) is 6.47. The first-order chi connectivity index (χ1) is 15.4. The fraction of sp³-hybridized carbons (Fsp3) is 0.154. The van der Waals surface area contributed by atoms with Crippen LogP contribution < -0.4 is 10.1 Å². The van der Waals surface area contributed by atoms with Crippen molar-refractivity contribution in [2.45, 2.75) is 26.9 Å². The number of aryl methyl sites for hydroxylation is 2. The monoisotopic (exact) mass is 462 g/mol. The summed E-state index contributed by atoms with van der Waals surface area (Å²) >= 11 is 7.59. The number of nitrogens with one attached hydrogen (secondary N) is 1. The highest BCUT2D eigenvalue weighted by Crippen LogP contribution is 2.29. The van der Waals surface area contributed by atoms with Gasteiger partial charge in [-0.05, 0) is 55.2 Å². The number of carbonyl (C=O) groups is 1. The van der Waals surface area contributed by atoms with Gasteiger partial charge in [0.2, 0.25) is 0 Å². The van der Waals surface area contributed by atoms with Crippen molar-refractivity contribution in [1.82, 2.24) is 4.98 Å². The SMILES string of the molecule is Cc1cc(OC(C)C(=O)Nc2nc(-c3ccc(-c4ccccc4)cc3)cs2)cc(C)c1Cl. The molecule has 0 aliphatic rings. The number of thiazole rings is 1. The number of halogens is 1. The molecule has 0 saturated carbocycles. The van der Waals surface area contributed by atoms with Crippen molar-refractivity contribution in [3.63, 3.8) is 0 Å². The first-order valence-corrected chi connectivity index (χ1v) is 11.5. The smallest absolute Gasteiger partial charge is 0.266 e. The molecule has 1 amide bonds. The van der Waals surface area contributed by atoms with Crippen LogP contribution in [0.2, 0.25) is 5.02 Å². The highest BCUT2D eigenvalue weighted by atomic mass is 35.5. The van der Waals surface area contributed by atoms with Gasteiger partial charge in [0.1, 0.15) is 5.75 Å². The van der Waals surface area contributed by atoms with Crippen LogP contribution in [0.1, 0.15) is 18.1 Å². The minimum atomic E-state index is -0.674. The van der Waals surface area contributed by atoms with Gasteiger partial charge in [-0.3, -0.25) is 10.1 Å². The van der Waals surface area contributed by atoms with Crippen LogP contribution in [0.25, 0.3) is 22.4 Å². The molecule has 3 aromatic carbocycles. The standard InChI is InChI=1S/C26H23ClN2O2S/c1-16-13-22(14-17(2)24(16)27)31-18(3)25(30)29-26-28-23(15-32-26)21-11-9-20(10-12-21)19-7-5-4-6-8-19/h4-15,18H,1-3H3,(H,28,29,30). The van der Waals surface area contributed by atoms with Crippen LogP contribution in [0.4, 0.5) is 5.13 Å². The normalized spacial score (nSPS) is 11.8. The predicted molar refractivity (Wildman–Crippen MR) is 133 cm³/mol. The maximum atomic E-state index is 12.6. The van der Waals surface area contributed by atoms with E-state index in [9.17, 15) is 4.79 Å². The number of rotatable bonds is 6. The molecule has 4 aromatic rings. The molecule has 0 aliphatic carbocycles. The summed E-state index contributed by atoms with van der Waals surface area (Å²) < 4.78 is 5.82. The first-order valence-electron chi connectivity index (χ1n) is 10.3. The molecule has 0 bridgehead atoms. The molecular formula is C26H23ClN2O2S. The maximum absolute atomic E-state index is 12.6. The lowest BCUT2D eigenvalue weighted by Crippen LogP contribution is -2.30. The zero-order valence-corrected chi connectivity index (χ0v) is 19.6. The predicted octanol–water partition coefficient (Wildman–Crippen LogP) is 7.15. The number of carbonyl (C=O) groups excluding carboxylic acids is 1. The molecule has 1 heterocycles. The van der Waals surface area contributed by atoms with Crippen LogP contribution >= 0.6 is 22.9 Å². The second kappa shape index (κ2) is 9.55. The topological polar surface area (TPSA) is 51.2 Å². The van der Waals surface area contributed by atoms with Gasteiger partial charge in [0.05, 0.1) is 5.69 Å². The van der Waals surface area contributed by atoms with Gasteiger partial charge in [-0.15, -0.1) is 11.3 Å². The molecule has 162 valence electrons. The number of aromatic nitrogens is 1. The molecule has 0 saturated heterocycles. The first kappa shape index (κ1) is 22.1. The molecule has 0 fully saturated rings. The fourth-order valence-electron chi connectivity index (χ4n) is 3.37. The summed E-state index contributed by atoms with van der Waals surface area (Å²) in [4.78, 5) is 17.2. The quantitative estimate of drug-likeness (QED) is 0.331. The second-order valence-corrected chi connectivity index (χ2v) is 8.84. The van der Waals surface area contributed by atoms with E-state index < -0.39 is 6.10 Å².